The Morgan fingerprint density at radius 1 is 1.20 bits per heavy atom. The second-order valence-electron chi connectivity index (χ2n) is 6.18. The number of amides is 1. The minimum absolute atomic E-state index is 0.0592. The number of hydrogen-bond donors (Lipinski definition) is 0. The van der Waals surface area contributed by atoms with Crippen molar-refractivity contribution in [3.05, 3.63) is 57.7 Å². The Hall–Kier alpha value is -1.76. The lowest BCUT2D eigenvalue weighted by Crippen LogP contribution is -2.39. The first-order chi connectivity index (χ1) is 12.2. The number of likely N-dealkylation sites (tertiary alicyclic amines) is 1. The molecule has 1 fully saturated rings. The second-order valence-corrected chi connectivity index (χ2v) is 7.43. The average molecular weight is 451 g/mol. The summed E-state index contributed by atoms with van der Waals surface area (Å²) in [7, 11) is 1.67. The van der Waals surface area contributed by atoms with Gasteiger partial charge in [-0.05, 0) is 83.8 Å². The number of halogens is 1. The largest absolute Gasteiger partial charge is 0.497 e. The van der Waals surface area contributed by atoms with Gasteiger partial charge < -0.3 is 14.4 Å². The summed E-state index contributed by atoms with van der Waals surface area (Å²) in [5.74, 6) is 1.65. The number of carbonyl (C=O) groups excluding carboxylic acids is 1. The number of rotatable bonds is 6. The Morgan fingerprint density at radius 3 is 2.76 bits per heavy atom. The highest BCUT2D eigenvalue weighted by Crippen LogP contribution is 2.23. The molecule has 0 aromatic heterocycles. The van der Waals surface area contributed by atoms with E-state index in [1.165, 1.54) is 5.56 Å². The topological polar surface area (TPSA) is 38.8 Å². The normalized spacial score (nSPS) is 16.7. The van der Waals surface area contributed by atoms with Crippen LogP contribution in [-0.4, -0.2) is 37.1 Å². The van der Waals surface area contributed by atoms with Gasteiger partial charge >= 0.3 is 0 Å². The van der Waals surface area contributed by atoms with Crippen LogP contribution in [-0.2, 0) is 11.2 Å². The van der Waals surface area contributed by atoms with E-state index in [9.17, 15) is 4.79 Å². The Balaban J connectivity index is 1.58. The van der Waals surface area contributed by atoms with Gasteiger partial charge in [0.25, 0.3) is 5.91 Å². The standard InChI is InChI=1S/C20H22INO3/c1-24-19-6-2-4-15(13-19)12-17-5-3-11-22(17)20(23)14-25-18-9-7-16(21)8-10-18/h2,4,6-10,13,17H,3,5,11-12,14H2,1H3. The van der Waals surface area contributed by atoms with Crippen LogP contribution in [0, 0.1) is 3.57 Å². The second kappa shape index (κ2) is 8.56. The third kappa shape index (κ3) is 4.87. The summed E-state index contributed by atoms with van der Waals surface area (Å²) in [6.45, 7) is 0.902. The predicted molar refractivity (Wildman–Crippen MR) is 106 cm³/mol. The molecule has 0 aliphatic carbocycles. The molecule has 1 aliphatic heterocycles. The van der Waals surface area contributed by atoms with Gasteiger partial charge in [-0.1, -0.05) is 12.1 Å². The van der Waals surface area contributed by atoms with Crippen LogP contribution in [0.15, 0.2) is 48.5 Å². The molecule has 1 saturated heterocycles. The molecule has 1 atom stereocenters. The van der Waals surface area contributed by atoms with Gasteiger partial charge in [0.05, 0.1) is 7.11 Å². The van der Waals surface area contributed by atoms with Gasteiger partial charge in [-0.15, -0.1) is 0 Å². The van der Waals surface area contributed by atoms with E-state index in [4.69, 9.17) is 9.47 Å². The minimum atomic E-state index is 0.0592. The number of hydrogen-bond acceptors (Lipinski definition) is 3. The first-order valence-electron chi connectivity index (χ1n) is 8.46. The molecular formula is C20H22INO3. The van der Waals surface area contributed by atoms with Crippen LogP contribution in [0.1, 0.15) is 18.4 Å². The highest BCUT2D eigenvalue weighted by molar-refractivity contribution is 14.1. The molecule has 1 aliphatic rings. The predicted octanol–water partition coefficient (Wildman–Crippen LogP) is 3.91. The number of nitrogens with zero attached hydrogens (tertiary/aromatic N) is 1. The van der Waals surface area contributed by atoms with Gasteiger partial charge in [-0.2, -0.15) is 0 Å². The maximum absolute atomic E-state index is 12.6. The molecule has 132 valence electrons. The third-order valence-electron chi connectivity index (χ3n) is 4.48. The van der Waals surface area contributed by atoms with E-state index in [1.54, 1.807) is 7.11 Å². The highest BCUT2D eigenvalue weighted by atomic mass is 127. The summed E-state index contributed by atoms with van der Waals surface area (Å²) >= 11 is 2.25. The van der Waals surface area contributed by atoms with Gasteiger partial charge in [-0.25, -0.2) is 0 Å². The number of carbonyl (C=O) groups is 1. The van der Waals surface area contributed by atoms with Crippen molar-refractivity contribution in [3.63, 3.8) is 0 Å². The zero-order chi connectivity index (χ0) is 17.6. The quantitative estimate of drug-likeness (QED) is 0.626. The van der Waals surface area contributed by atoms with Crippen LogP contribution in [0.5, 0.6) is 11.5 Å². The third-order valence-corrected chi connectivity index (χ3v) is 5.20. The fraction of sp³-hybridized carbons (Fsp3) is 0.350. The van der Waals surface area contributed by atoms with Gasteiger partial charge in [0.1, 0.15) is 11.5 Å². The molecule has 1 amide bonds. The van der Waals surface area contributed by atoms with E-state index in [1.807, 2.05) is 47.4 Å². The van der Waals surface area contributed by atoms with Gasteiger partial charge in [0.15, 0.2) is 6.61 Å². The Kier molecular flexibility index (Phi) is 6.18. The van der Waals surface area contributed by atoms with E-state index < -0.39 is 0 Å². The van der Waals surface area contributed by atoms with Crippen LogP contribution in [0.2, 0.25) is 0 Å². The van der Waals surface area contributed by atoms with Gasteiger partial charge in [0, 0.05) is 16.2 Å². The summed E-state index contributed by atoms with van der Waals surface area (Å²) in [5, 5.41) is 0. The SMILES string of the molecule is COc1cccc(CC2CCCN2C(=O)COc2ccc(I)cc2)c1. The average Bonchev–Trinajstić information content (AvgIpc) is 3.09. The van der Waals surface area contributed by atoms with Crippen molar-refractivity contribution < 1.29 is 14.3 Å². The van der Waals surface area contributed by atoms with Crippen molar-refractivity contribution in [2.45, 2.75) is 25.3 Å². The monoisotopic (exact) mass is 451 g/mol. The van der Waals surface area contributed by atoms with Crippen LogP contribution in [0.3, 0.4) is 0 Å². The summed E-state index contributed by atoms with van der Waals surface area (Å²) in [4.78, 5) is 14.5. The maximum Gasteiger partial charge on any atom is 0.260 e. The Morgan fingerprint density at radius 2 is 2.00 bits per heavy atom. The van der Waals surface area contributed by atoms with Crippen LogP contribution in [0.4, 0.5) is 0 Å². The van der Waals surface area contributed by atoms with Crippen molar-refractivity contribution in [1.29, 1.82) is 0 Å². The molecule has 1 heterocycles. The molecule has 2 aromatic rings. The summed E-state index contributed by atoms with van der Waals surface area (Å²) in [6, 6.07) is 16.0. The summed E-state index contributed by atoms with van der Waals surface area (Å²) < 4.78 is 12.1. The maximum atomic E-state index is 12.6. The molecule has 0 spiro atoms. The van der Waals surface area contributed by atoms with Crippen molar-refractivity contribution in [2.24, 2.45) is 0 Å². The Bertz CT molecular complexity index is 717. The fourth-order valence-corrected chi connectivity index (χ4v) is 3.57. The van der Waals surface area contributed by atoms with E-state index >= 15 is 0 Å². The summed E-state index contributed by atoms with van der Waals surface area (Å²) in [5.41, 5.74) is 1.20. The number of benzene rings is 2. The summed E-state index contributed by atoms with van der Waals surface area (Å²) in [6.07, 6.45) is 2.93. The molecule has 0 saturated carbocycles. The van der Waals surface area contributed by atoms with Crippen molar-refractivity contribution in [2.75, 3.05) is 20.3 Å². The molecule has 0 N–H and O–H groups in total. The fourth-order valence-electron chi connectivity index (χ4n) is 3.21. The van der Waals surface area contributed by atoms with Crippen LogP contribution < -0.4 is 9.47 Å². The van der Waals surface area contributed by atoms with Gasteiger partial charge in [-0.3, -0.25) is 4.79 Å². The first-order valence-corrected chi connectivity index (χ1v) is 9.54. The number of ether oxygens (including phenoxy) is 2. The first kappa shape index (κ1) is 18.0. The lowest BCUT2D eigenvalue weighted by molar-refractivity contribution is -0.134. The molecule has 0 bridgehead atoms. The smallest absolute Gasteiger partial charge is 0.260 e. The highest BCUT2D eigenvalue weighted by Gasteiger charge is 2.29. The minimum Gasteiger partial charge on any atom is -0.497 e. The van der Waals surface area contributed by atoms with Crippen molar-refractivity contribution >= 4 is 28.5 Å². The lowest BCUT2D eigenvalue weighted by Gasteiger charge is -2.25. The molecule has 25 heavy (non-hydrogen) atoms. The van der Waals surface area contributed by atoms with E-state index in [0.717, 1.165) is 40.9 Å². The molecule has 2 aromatic carbocycles. The lowest BCUT2D eigenvalue weighted by atomic mass is 10.0. The molecule has 5 heteroatoms. The van der Waals surface area contributed by atoms with Gasteiger partial charge in [0.2, 0.25) is 0 Å². The van der Waals surface area contributed by atoms with Crippen molar-refractivity contribution in [1.82, 2.24) is 4.90 Å². The molecule has 1 unspecified atom stereocenters. The molecule has 0 radical (unpaired) electrons. The van der Waals surface area contributed by atoms with Crippen LogP contribution >= 0.6 is 22.6 Å². The molecule has 3 rings (SSSR count). The van der Waals surface area contributed by atoms with Crippen molar-refractivity contribution in [3.8, 4) is 11.5 Å². The molecule has 4 nitrogen and oxygen atoms in total. The zero-order valence-electron chi connectivity index (χ0n) is 14.3. The van der Waals surface area contributed by atoms with E-state index in [2.05, 4.69) is 28.7 Å². The van der Waals surface area contributed by atoms with E-state index in [-0.39, 0.29) is 18.6 Å². The van der Waals surface area contributed by atoms with Crippen LogP contribution in [0.25, 0.3) is 0 Å². The molecular weight excluding hydrogens is 429 g/mol. The number of methoxy groups -OCH3 is 1. The van der Waals surface area contributed by atoms with E-state index in [0.29, 0.717) is 0 Å². The Labute approximate surface area is 162 Å². The zero-order valence-corrected chi connectivity index (χ0v) is 16.4.